The molecule has 1 N–H and O–H groups in total. The molecule has 0 unspecified atom stereocenters. The van der Waals surface area contributed by atoms with E-state index in [1.807, 2.05) is 20.8 Å². The molecule has 0 bridgehead atoms. The second-order valence-electron chi connectivity index (χ2n) is 6.09. The molecule has 0 atom stereocenters. The Morgan fingerprint density at radius 2 is 1.42 bits per heavy atom. The highest BCUT2D eigenvalue weighted by Crippen LogP contribution is 2.25. The van der Waals surface area contributed by atoms with Crippen molar-refractivity contribution < 1.29 is 19.2 Å². The van der Waals surface area contributed by atoms with Crippen LogP contribution in [0, 0.1) is 10.1 Å². The van der Waals surface area contributed by atoms with Gasteiger partial charge in [0.25, 0.3) is 5.69 Å². The maximum absolute atomic E-state index is 11.7. The molecule has 0 radical (unpaired) electrons. The van der Waals surface area contributed by atoms with E-state index in [1.165, 1.54) is 24.3 Å². The molecule has 24 heavy (non-hydrogen) atoms. The molecule has 2 aromatic carbocycles. The fourth-order valence-electron chi connectivity index (χ4n) is 1.79. The van der Waals surface area contributed by atoms with Crippen molar-refractivity contribution in [2.24, 2.45) is 0 Å². The van der Waals surface area contributed by atoms with Gasteiger partial charge in [-0.15, -0.1) is 0 Å². The van der Waals surface area contributed by atoms with Gasteiger partial charge in [0.05, 0.1) is 4.92 Å². The first-order valence-corrected chi connectivity index (χ1v) is 7.25. The van der Waals surface area contributed by atoms with Gasteiger partial charge >= 0.3 is 6.09 Å². The summed E-state index contributed by atoms with van der Waals surface area (Å²) in [4.78, 5) is 21.8. The van der Waals surface area contributed by atoms with Crippen LogP contribution in [0.5, 0.6) is 17.2 Å². The average Bonchev–Trinajstić information content (AvgIpc) is 2.48. The minimum Gasteiger partial charge on any atom is -0.457 e. The summed E-state index contributed by atoms with van der Waals surface area (Å²) in [5.74, 6) is 1.37. The SMILES string of the molecule is CC(C)(C)NC(=O)Oc1ccc(Oc2ccc([N+](=O)[O-])cc2)cc1. The minimum absolute atomic E-state index is 0.00374. The monoisotopic (exact) mass is 330 g/mol. The third-order valence-corrected chi connectivity index (χ3v) is 2.79. The molecule has 2 aromatic rings. The number of non-ortho nitro benzene ring substituents is 1. The predicted molar refractivity (Wildman–Crippen MR) is 88.5 cm³/mol. The summed E-state index contributed by atoms with van der Waals surface area (Å²) in [5, 5.41) is 13.3. The zero-order valence-electron chi connectivity index (χ0n) is 13.6. The van der Waals surface area contributed by atoms with Gasteiger partial charge in [-0.05, 0) is 57.2 Å². The number of carbonyl (C=O) groups excluding carboxylic acids is 1. The van der Waals surface area contributed by atoms with Gasteiger partial charge in [0.2, 0.25) is 0 Å². The Morgan fingerprint density at radius 3 is 1.88 bits per heavy atom. The molecule has 7 nitrogen and oxygen atoms in total. The highest BCUT2D eigenvalue weighted by molar-refractivity contribution is 5.71. The first kappa shape index (κ1) is 17.3. The van der Waals surface area contributed by atoms with Gasteiger partial charge in [0.15, 0.2) is 0 Å². The number of ether oxygens (including phenoxy) is 2. The lowest BCUT2D eigenvalue weighted by Gasteiger charge is -2.19. The number of nitrogens with one attached hydrogen (secondary N) is 1. The summed E-state index contributed by atoms with van der Waals surface area (Å²) < 4.78 is 10.7. The molecule has 1 amide bonds. The summed E-state index contributed by atoms with van der Waals surface area (Å²) in [6.07, 6.45) is -0.536. The van der Waals surface area contributed by atoms with Crippen LogP contribution >= 0.6 is 0 Å². The van der Waals surface area contributed by atoms with Crippen LogP contribution in [0.3, 0.4) is 0 Å². The van der Waals surface area contributed by atoms with Gasteiger partial charge in [-0.1, -0.05) is 0 Å². The van der Waals surface area contributed by atoms with E-state index >= 15 is 0 Å². The summed E-state index contributed by atoms with van der Waals surface area (Å²) in [5.41, 5.74) is -0.383. The number of hydrogen-bond donors (Lipinski definition) is 1. The van der Waals surface area contributed by atoms with Gasteiger partial charge in [0.1, 0.15) is 17.2 Å². The normalized spacial score (nSPS) is 10.8. The van der Waals surface area contributed by atoms with Crippen LogP contribution in [0.25, 0.3) is 0 Å². The number of nitro benzene ring substituents is 1. The van der Waals surface area contributed by atoms with Crippen molar-refractivity contribution in [3.63, 3.8) is 0 Å². The Morgan fingerprint density at radius 1 is 0.958 bits per heavy atom. The fraction of sp³-hybridized carbons (Fsp3) is 0.235. The molecule has 126 valence electrons. The van der Waals surface area contributed by atoms with E-state index in [9.17, 15) is 14.9 Å². The minimum atomic E-state index is -0.536. The van der Waals surface area contributed by atoms with Gasteiger partial charge in [-0.3, -0.25) is 10.1 Å². The van der Waals surface area contributed by atoms with E-state index in [1.54, 1.807) is 24.3 Å². The van der Waals surface area contributed by atoms with Gasteiger partial charge in [0, 0.05) is 17.7 Å². The molecule has 7 heteroatoms. The number of hydrogen-bond acceptors (Lipinski definition) is 5. The molecule has 0 heterocycles. The molecule has 0 aliphatic carbocycles. The summed E-state index contributed by atoms with van der Waals surface area (Å²) in [6, 6.07) is 12.2. The molecule has 0 fully saturated rings. The van der Waals surface area contributed by atoms with Gasteiger partial charge in [-0.25, -0.2) is 4.79 Å². The Balaban J connectivity index is 1.96. The number of nitrogens with zero attached hydrogens (tertiary/aromatic N) is 1. The topological polar surface area (TPSA) is 90.7 Å². The molecular formula is C17H18N2O5. The van der Waals surface area contributed by atoms with Crippen molar-refractivity contribution in [2.75, 3.05) is 0 Å². The summed E-state index contributed by atoms with van der Waals surface area (Å²) >= 11 is 0. The lowest BCUT2D eigenvalue weighted by molar-refractivity contribution is -0.384. The molecule has 0 aliphatic heterocycles. The third-order valence-electron chi connectivity index (χ3n) is 2.79. The highest BCUT2D eigenvalue weighted by Gasteiger charge is 2.15. The fourth-order valence-corrected chi connectivity index (χ4v) is 1.79. The molecule has 0 saturated heterocycles. The van der Waals surface area contributed by atoms with Crippen molar-refractivity contribution >= 4 is 11.8 Å². The lowest BCUT2D eigenvalue weighted by atomic mass is 10.1. The molecule has 0 spiro atoms. The van der Waals surface area contributed by atoms with Crippen molar-refractivity contribution in [1.82, 2.24) is 5.32 Å². The van der Waals surface area contributed by atoms with Crippen LogP contribution < -0.4 is 14.8 Å². The number of amides is 1. The summed E-state index contributed by atoms with van der Waals surface area (Å²) in [7, 11) is 0. The van der Waals surface area contributed by atoms with Crippen LogP contribution in [0.2, 0.25) is 0 Å². The molecule has 0 saturated carbocycles. The second kappa shape index (κ2) is 6.99. The molecule has 0 aromatic heterocycles. The maximum atomic E-state index is 11.7. The van der Waals surface area contributed by atoms with Crippen LogP contribution in [0.15, 0.2) is 48.5 Å². The highest BCUT2D eigenvalue weighted by atomic mass is 16.6. The van der Waals surface area contributed by atoms with Crippen LogP contribution in [-0.4, -0.2) is 16.6 Å². The maximum Gasteiger partial charge on any atom is 0.413 e. The van der Waals surface area contributed by atoms with E-state index in [-0.39, 0.29) is 11.2 Å². The first-order valence-electron chi connectivity index (χ1n) is 7.25. The van der Waals surface area contributed by atoms with Crippen LogP contribution in [0.4, 0.5) is 10.5 Å². The Kier molecular flexibility index (Phi) is 5.03. The van der Waals surface area contributed by atoms with Crippen LogP contribution in [0.1, 0.15) is 20.8 Å². The Labute approximate surface area is 139 Å². The van der Waals surface area contributed by atoms with Crippen molar-refractivity contribution in [2.45, 2.75) is 26.3 Å². The largest absolute Gasteiger partial charge is 0.457 e. The van der Waals surface area contributed by atoms with Crippen molar-refractivity contribution in [1.29, 1.82) is 0 Å². The van der Waals surface area contributed by atoms with E-state index in [2.05, 4.69) is 5.32 Å². The number of nitro groups is 1. The van der Waals surface area contributed by atoms with Gasteiger partial charge < -0.3 is 14.8 Å². The quantitative estimate of drug-likeness (QED) is 0.667. The standard InChI is InChI=1S/C17H18N2O5/c1-17(2,3)18-16(20)24-15-10-8-14(9-11-15)23-13-6-4-12(5-7-13)19(21)22/h4-11H,1-3H3,(H,18,20). The zero-order chi connectivity index (χ0) is 17.7. The summed E-state index contributed by atoms with van der Waals surface area (Å²) in [6.45, 7) is 5.57. The second-order valence-corrected chi connectivity index (χ2v) is 6.09. The number of carbonyl (C=O) groups is 1. The zero-order valence-corrected chi connectivity index (χ0v) is 13.6. The third kappa shape index (κ3) is 5.28. The molecule has 2 rings (SSSR count). The number of benzene rings is 2. The smallest absolute Gasteiger partial charge is 0.413 e. The predicted octanol–water partition coefficient (Wildman–Crippen LogP) is 4.27. The van der Waals surface area contributed by atoms with Gasteiger partial charge in [-0.2, -0.15) is 0 Å². The van der Waals surface area contributed by atoms with E-state index in [0.717, 1.165) is 0 Å². The molecular weight excluding hydrogens is 312 g/mol. The Hall–Kier alpha value is -3.09. The average molecular weight is 330 g/mol. The lowest BCUT2D eigenvalue weighted by Crippen LogP contribution is -2.42. The first-order chi connectivity index (χ1) is 11.2. The van der Waals surface area contributed by atoms with Crippen molar-refractivity contribution in [3.05, 3.63) is 58.6 Å². The van der Waals surface area contributed by atoms with E-state index in [0.29, 0.717) is 17.2 Å². The Bertz CT molecular complexity index is 718. The van der Waals surface area contributed by atoms with Crippen LogP contribution in [-0.2, 0) is 0 Å². The van der Waals surface area contributed by atoms with E-state index < -0.39 is 11.0 Å². The van der Waals surface area contributed by atoms with E-state index in [4.69, 9.17) is 9.47 Å². The number of rotatable bonds is 4. The van der Waals surface area contributed by atoms with Crippen molar-refractivity contribution in [3.8, 4) is 17.2 Å². The molecule has 0 aliphatic rings.